The molecule has 0 aliphatic carbocycles. The van der Waals surface area contributed by atoms with Gasteiger partial charge in [0.2, 0.25) is 0 Å². The first-order valence-corrected chi connectivity index (χ1v) is 10.4. The molecule has 1 rings (SSSR count). The van der Waals surface area contributed by atoms with Crippen LogP contribution in [-0.4, -0.2) is 32.0 Å². The number of amides is 1. The van der Waals surface area contributed by atoms with Crippen molar-refractivity contribution < 1.29 is 4.79 Å². The quantitative estimate of drug-likeness (QED) is 0.563. The number of piperidine rings is 1. The zero-order valence-corrected chi connectivity index (χ0v) is 15.1. The van der Waals surface area contributed by atoms with E-state index in [1.165, 1.54) is 6.42 Å². The molecule has 20 heavy (non-hydrogen) atoms. The third-order valence-corrected chi connectivity index (χ3v) is 11.2. The molecule has 114 valence electrons. The molecule has 0 atom stereocenters. The number of nitrogens with zero attached hydrogens (tertiary/aromatic N) is 1. The molecule has 0 bridgehead atoms. The topological polar surface area (TPSA) is 20.3 Å². The normalized spacial score (nSPS) is 16.6. The van der Waals surface area contributed by atoms with Crippen LogP contribution in [0.2, 0.25) is 16.6 Å². The highest BCUT2D eigenvalue weighted by atomic mass is 28.3. The van der Waals surface area contributed by atoms with Crippen molar-refractivity contribution in [3.63, 3.8) is 0 Å². The minimum absolute atomic E-state index is 0.0588. The van der Waals surface area contributed by atoms with E-state index in [9.17, 15) is 4.79 Å². The highest BCUT2D eigenvalue weighted by Crippen LogP contribution is 2.40. The maximum atomic E-state index is 12.3. The minimum Gasteiger partial charge on any atom is -0.332 e. The van der Waals surface area contributed by atoms with Crippen molar-refractivity contribution in [2.75, 3.05) is 13.1 Å². The molecule has 1 fully saturated rings. The summed E-state index contributed by atoms with van der Waals surface area (Å²) >= 11 is 0. The highest BCUT2D eigenvalue weighted by molar-refractivity contribution is 6.90. The van der Waals surface area contributed by atoms with Gasteiger partial charge in [0.15, 0.2) is 0 Å². The molecule has 1 aliphatic heterocycles. The lowest BCUT2D eigenvalue weighted by molar-refractivity contribution is -0.125. The fourth-order valence-electron chi connectivity index (χ4n) is 3.77. The van der Waals surface area contributed by atoms with Gasteiger partial charge >= 0.3 is 0 Å². The minimum atomic E-state index is -1.76. The van der Waals surface area contributed by atoms with E-state index < -0.39 is 8.07 Å². The summed E-state index contributed by atoms with van der Waals surface area (Å²) in [4.78, 5) is 14.2. The summed E-state index contributed by atoms with van der Waals surface area (Å²) in [5, 5.41) is 0. The monoisotopic (exact) mass is 293 g/mol. The summed E-state index contributed by atoms with van der Waals surface area (Å²) in [7, 11) is -1.76. The molecule has 2 nitrogen and oxygen atoms in total. The lowest BCUT2D eigenvalue weighted by atomic mass is 10.1. The summed E-state index contributed by atoms with van der Waals surface area (Å²) < 4.78 is 0. The zero-order valence-electron chi connectivity index (χ0n) is 14.1. The van der Waals surface area contributed by atoms with Crippen molar-refractivity contribution in [2.45, 2.75) is 77.4 Å². The van der Waals surface area contributed by atoms with Gasteiger partial charge in [-0.3, -0.25) is 4.79 Å². The number of rotatable bonds is 3. The lowest BCUT2D eigenvalue weighted by Crippen LogP contribution is -2.44. The number of hydrogen-bond donors (Lipinski definition) is 0. The zero-order chi connectivity index (χ0) is 15.3. The van der Waals surface area contributed by atoms with E-state index in [-0.39, 0.29) is 5.91 Å². The van der Waals surface area contributed by atoms with Crippen LogP contribution in [0, 0.1) is 11.5 Å². The molecule has 0 aromatic carbocycles. The maximum Gasteiger partial charge on any atom is 0.297 e. The molecule has 0 unspecified atom stereocenters. The first-order valence-electron chi connectivity index (χ1n) is 8.14. The van der Waals surface area contributed by atoms with Crippen LogP contribution in [0.25, 0.3) is 0 Å². The lowest BCUT2D eigenvalue weighted by Gasteiger charge is -2.38. The predicted octanol–water partition coefficient (Wildman–Crippen LogP) is 4.22. The van der Waals surface area contributed by atoms with Crippen molar-refractivity contribution in [1.82, 2.24) is 4.90 Å². The molecule has 0 saturated carbocycles. The van der Waals surface area contributed by atoms with Crippen LogP contribution in [-0.2, 0) is 4.79 Å². The summed E-state index contributed by atoms with van der Waals surface area (Å²) in [6, 6.07) is 0. The molecule has 1 amide bonds. The van der Waals surface area contributed by atoms with Crippen LogP contribution >= 0.6 is 0 Å². The summed E-state index contributed by atoms with van der Waals surface area (Å²) in [6.45, 7) is 15.5. The Bertz CT molecular complexity index is 362. The number of likely N-dealkylation sites (tertiary alicyclic amines) is 1. The average molecular weight is 294 g/mol. The van der Waals surface area contributed by atoms with E-state index >= 15 is 0 Å². The van der Waals surface area contributed by atoms with Gasteiger partial charge in [-0.15, -0.1) is 5.54 Å². The third kappa shape index (κ3) is 3.66. The van der Waals surface area contributed by atoms with Crippen LogP contribution < -0.4 is 0 Å². The van der Waals surface area contributed by atoms with Crippen LogP contribution in [0.4, 0.5) is 0 Å². The van der Waals surface area contributed by atoms with Crippen molar-refractivity contribution in [1.29, 1.82) is 0 Å². The van der Waals surface area contributed by atoms with E-state index in [1.807, 2.05) is 4.90 Å². The van der Waals surface area contributed by atoms with Gasteiger partial charge in [-0.2, -0.15) is 0 Å². The van der Waals surface area contributed by atoms with E-state index in [0.29, 0.717) is 16.6 Å². The van der Waals surface area contributed by atoms with Gasteiger partial charge in [-0.05, 0) is 41.8 Å². The van der Waals surface area contributed by atoms with Crippen molar-refractivity contribution in [3.8, 4) is 11.5 Å². The molecule has 1 aliphatic rings. The first-order chi connectivity index (χ1) is 9.32. The molecule has 1 heterocycles. The molecule has 0 radical (unpaired) electrons. The molecular formula is C17H31NOSi. The van der Waals surface area contributed by atoms with E-state index in [4.69, 9.17) is 0 Å². The Morgan fingerprint density at radius 3 is 1.75 bits per heavy atom. The Labute approximate surface area is 126 Å². The fraction of sp³-hybridized carbons (Fsp3) is 0.824. The van der Waals surface area contributed by atoms with E-state index in [2.05, 4.69) is 53.0 Å². The number of carbonyl (C=O) groups is 1. The van der Waals surface area contributed by atoms with E-state index in [0.717, 1.165) is 25.9 Å². The Morgan fingerprint density at radius 1 is 0.900 bits per heavy atom. The second kappa shape index (κ2) is 7.31. The van der Waals surface area contributed by atoms with Crippen LogP contribution in [0.1, 0.15) is 60.8 Å². The second-order valence-electron chi connectivity index (χ2n) is 7.00. The highest BCUT2D eigenvalue weighted by Gasteiger charge is 2.41. The molecule has 1 saturated heterocycles. The van der Waals surface area contributed by atoms with Gasteiger partial charge in [-0.25, -0.2) is 0 Å². The van der Waals surface area contributed by atoms with Crippen LogP contribution in [0.3, 0.4) is 0 Å². The molecule has 3 heteroatoms. The van der Waals surface area contributed by atoms with E-state index in [1.54, 1.807) is 0 Å². The van der Waals surface area contributed by atoms with Crippen LogP contribution in [0.15, 0.2) is 0 Å². The summed E-state index contributed by atoms with van der Waals surface area (Å²) in [5.41, 5.74) is 5.29. The van der Waals surface area contributed by atoms with Crippen molar-refractivity contribution in [3.05, 3.63) is 0 Å². The first kappa shape index (κ1) is 17.3. The average Bonchev–Trinajstić information content (AvgIpc) is 2.38. The van der Waals surface area contributed by atoms with Crippen LogP contribution in [0.5, 0.6) is 0 Å². The number of carbonyl (C=O) groups excluding carboxylic acids is 1. The Balaban J connectivity index is 2.95. The summed E-state index contributed by atoms with van der Waals surface area (Å²) in [6.07, 6.45) is 3.52. The third-order valence-electron chi connectivity index (χ3n) is 4.90. The standard InChI is InChI=1S/C17H31NOSi/c1-14(2)20(15(3)4,16(5)6)13-10-17(19)18-11-8-7-9-12-18/h14-16H,7-9,11-12H2,1-6H3. The molecule has 0 spiro atoms. The maximum absolute atomic E-state index is 12.3. The summed E-state index contributed by atoms with van der Waals surface area (Å²) in [5.74, 6) is 3.09. The largest absolute Gasteiger partial charge is 0.332 e. The SMILES string of the molecule is CC(C)[Si](C#CC(=O)N1CCCCC1)(C(C)C)C(C)C. The Morgan fingerprint density at radius 2 is 1.35 bits per heavy atom. The van der Waals surface area contributed by atoms with Crippen molar-refractivity contribution >= 4 is 14.0 Å². The molecular weight excluding hydrogens is 262 g/mol. The number of hydrogen-bond acceptors (Lipinski definition) is 1. The predicted molar refractivity (Wildman–Crippen MR) is 89.3 cm³/mol. The van der Waals surface area contributed by atoms with Gasteiger partial charge in [0.25, 0.3) is 5.91 Å². The van der Waals surface area contributed by atoms with Gasteiger partial charge in [0, 0.05) is 13.1 Å². The second-order valence-corrected chi connectivity index (χ2v) is 12.6. The van der Waals surface area contributed by atoms with Gasteiger partial charge in [-0.1, -0.05) is 41.5 Å². The smallest absolute Gasteiger partial charge is 0.297 e. The van der Waals surface area contributed by atoms with Crippen molar-refractivity contribution in [2.24, 2.45) is 0 Å². The van der Waals surface area contributed by atoms with Gasteiger partial charge in [0.1, 0.15) is 8.07 Å². The van der Waals surface area contributed by atoms with Gasteiger partial charge in [0.05, 0.1) is 0 Å². The Hall–Kier alpha value is -0.753. The molecule has 0 aromatic rings. The van der Waals surface area contributed by atoms with Gasteiger partial charge < -0.3 is 4.90 Å². The fourth-order valence-corrected chi connectivity index (χ4v) is 8.96. The molecule has 0 aromatic heterocycles. The Kier molecular flexibility index (Phi) is 6.32. The molecule has 0 N–H and O–H groups in total.